The van der Waals surface area contributed by atoms with Crippen LogP contribution in [0.15, 0.2) is 6.33 Å². The van der Waals surface area contributed by atoms with Gasteiger partial charge in [-0.2, -0.15) is 0 Å². The van der Waals surface area contributed by atoms with E-state index in [-0.39, 0.29) is 17.8 Å². The molecule has 1 aliphatic heterocycles. The molecule has 1 N–H and O–H groups in total. The second-order valence-corrected chi connectivity index (χ2v) is 4.44. The molecule has 1 atom stereocenters. The summed E-state index contributed by atoms with van der Waals surface area (Å²) in [6.07, 6.45) is 2.53. The Morgan fingerprint density at radius 1 is 1.56 bits per heavy atom. The minimum absolute atomic E-state index is 0.0156. The van der Waals surface area contributed by atoms with Gasteiger partial charge in [-0.05, 0) is 16.3 Å². The van der Waals surface area contributed by atoms with Crippen LogP contribution in [0, 0.1) is 10.1 Å². The lowest BCUT2D eigenvalue weighted by atomic mass is 10.1. The van der Waals surface area contributed by atoms with Crippen LogP contribution in [0.1, 0.15) is 12.8 Å². The molecule has 98 valence electrons. The summed E-state index contributed by atoms with van der Waals surface area (Å²) in [7, 11) is 3.42. The number of piperidine rings is 1. The third-order valence-corrected chi connectivity index (χ3v) is 3.06. The summed E-state index contributed by atoms with van der Waals surface area (Å²) in [5.41, 5.74) is 0. The Balaban J connectivity index is 2.12. The third kappa shape index (κ3) is 2.27. The number of rotatable bonds is 3. The molecule has 1 aliphatic rings. The molecule has 0 spiro atoms. The molecule has 1 aromatic heterocycles. The normalized spacial score (nSPS) is 20.0. The summed E-state index contributed by atoms with van der Waals surface area (Å²) in [6, 6.07) is 0.0156. The lowest BCUT2D eigenvalue weighted by Crippen LogP contribution is -2.43. The number of nitrogens with one attached hydrogen (secondary N) is 1. The van der Waals surface area contributed by atoms with Gasteiger partial charge in [0.1, 0.15) is 0 Å². The summed E-state index contributed by atoms with van der Waals surface area (Å²) < 4.78 is 1.58. The molecule has 0 saturated carbocycles. The number of imidazole rings is 1. The number of nitrogens with zero attached hydrogens (tertiary/aromatic N) is 4. The highest BCUT2D eigenvalue weighted by Crippen LogP contribution is 2.24. The maximum absolute atomic E-state index is 11.4. The minimum Gasteiger partial charge on any atom is -0.360 e. The van der Waals surface area contributed by atoms with Crippen molar-refractivity contribution < 1.29 is 9.72 Å². The highest BCUT2D eigenvalue weighted by Gasteiger charge is 2.27. The number of nitro groups is 1. The minimum atomic E-state index is -0.514. The first-order valence-electron chi connectivity index (χ1n) is 5.65. The van der Waals surface area contributed by atoms with E-state index >= 15 is 0 Å². The van der Waals surface area contributed by atoms with Crippen LogP contribution in [0.5, 0.6) is 0 Å². The standard InChI is InChI=1S/C10H15N5O3/c1-13-5-7(3-4-8(13)16)12-10-9(15(17)18)11-6-14(10)2/h6-7,12H,3-5H2,1-2H3. The summed E-state index contributed by atoms with van der Waals surface area (Å²) in [5.74, 6) is 0.303. The van der Waals surface area contributed by atoms with Gasteiger partial charge in [0.15, 0.2) is 0 Å². The largest absolute Gasteiger partial charge is 0.406 e. The number of hydrogen-bond donors (Lipinski definition) is 1. The second-order valence-electron chi connectivity index (χ2n) is 4.44. The number of aryl methyl sites for hydroxylation is 1. The van der Waals surface area contributed by atoms with Crippen molar-refractivity contribution in [1.29, 1.82) is 0 Å². The molecule has 8 nitrogen and oxygen atoms in total. The fourth-order valence-corrected chi connectivity index (χ4v) is 2.04. The first kappa shape index (κ1) is 12.3. The summed E-state index contributed by atoms with van der Waals surface area (Å²) in [5, 5.41) is 13.9. The van der Waals surface area contributed by atoms with Crippen LogP contribution in [0.4, 0.5) is 11.6 Å². The molecule has 2 heterocycles. The fraction of sp³-hybridized carbons (Fsp3) is 0.600. The van der Waals surface area contributed by atoms with Gasteiger partial charge in [0.2, 0.25) is 18.1 Å². The Hall–Kier alpha value is -2.12. The van der Waals surface area contributed by atoms with Crippen molar-refractivity contribution in [2.45, 2.75) is 18.9 Å². The topological polar surface area (TPSA) is 93.3 Å². The van der Waals surface area contributed by atoms with E-state index in [2.05, 4.69) is 10.3 Å². The van der Waals surface area contributed by atoms with Gasteiger partial charge in [-0.25, -0.2) is 0 Å². The van der Waals surface area contributed by atoms with Crippen LogP contribution in [0.3, 0.4) is 0 Å². The van der Waals surface area contributed by atoms with Crippen LogP contribution in [-0.4, -0.2) is 44.9 Å². The van der Waals surface area contributed by atoms with Crippen molar-refractivity contribution in [3.63, 3.8) is 0 Å². The van der Waals surface area contributed by atoms with E-state index in [0.717, 1.165) is 0 Å². The van der Waals surface area contributed by atoms with Gasteiger partial charge >= 0.3 is 5.82 Å². The highest BCUT2D eigenvalue weighted by molar-refractivity contribution is 5.77. The molecule has 1 aromatic rings. The maximum Gasteiger partial charge on any atom is 0.406 e. The van der Waals surface area contributed by atoms with E-state index in [4.69, 9.17) is 0 Å². The Morgan fingerprint density at radius 2 is 2.28 bits per heavy atom. The number of anilines is 1. The molecule has 2 rings (SSSR count). The quantitative estimate of drug-likeness (QED) is 0.620. The number of amides is 1. The maximum atomic E-state index is 11.4. The lowest BCUT2D eigenvalue weighted by molar-refractivity contribution is -0.388. The summed E-state index contributed by atoms with van der Waals surface area (Å²) >= 11 is 0. The first-order chi connectivity index (χ1) is 8.49. The highest BCUT2D eigenvalue weighted by atomic mass is 16.6. The zero-order valence-corrected chi connectivity index (χ0v) is 10.3. The van der Waals surface area contributed by atoms with Crippen molar-refractivity contribution in [3.05, 3.63) is 16.4 Å². The van der Waals surface area contributed by atoms with E-state index < -0.39 is 4.92 Å². The predicted molar refractivity (Wildman–Crippen MR) is 64.1 cm³/mol. The zero-order valence-electron chi connectivity index (χ0n) is 10.3. The smallest absolute Gasteiger partial charge is 0.360 e. The fourth-order valence-electron chi connectivity index (χ4n) is 2.04. The van der Waals surface area contributed by atoms with E-state index in [1.165, 1.54) is 6.33 Å². The summed E-state index contributed by atoms with van der Waals surface area (Å²) in [4.78, 5) is 27.0. The molecule has 0 radical (unpaired) electrons. The van der Waals surface area contributed by atoms with Crippen molar-refractivity contribution in [3.8, 4) is 0 Å². The Kier molecular flexibility index (Phi) is 3.17. The van der Waals surface area contributed by atoms with Gasteiger partial charge in [0.05, 0.1) is 0 Å². The van der Waals surface area contributed by atoms with Crippen LogP contribution in [-0.2, 0) is 11.8 Å². The molecule has 0 bridgehead atoms. The number of carbonyl (C=O) groups is 1. The molecule has 8 heteroatoms. The van der Waals surface area contributed by atoms with E-state index in [9.17, 15) is 14.9 Å². The van der Waals surface area contributed by atoms with Crippen LogP contribution in [0.2, 0.25) is 0 Å². The van der Waals surface area contributed by atoms with Crippen molar-refractivity contribution in [2.75, 3.05) is 18.9 Å². The van der Waals surface area contributed by atoms with Gasteiger partial charge in [-0.1, -0.05) is 0 Å². The second kappa shape index (κ2) is 4.63. The van der Waals surface area contributed by atoms with Crippen LogP contribution < -0.4 is 5.32 Å². The predicted octanol–water partition coefficient (Wildman–Crippen LogP) is 0.361. The van der Waals surface area contributed by atoms with Gasteiger partial charge in [-0.15, -0.1) is 0 Å². The van der Waals surface area contributed by atoms with E-state index in [1.54, 1.807) is 23.6 Å². The Labute approximate surface area is 104 Å². The Morgan fingerprint density at radius 3 is 2.89 bits per heavy atom. The number of aromatic nitrogens is 2. The average Bonchev–Trinajstić information content (AvgIpc) is 2.66. The number of likely N-dealkylation sites (N-methyl/N-ethyl adjacent to an activating group) is 1. The molecule has 1 unspecified atom stereocenters. The van der Waals surface area contributed by atoms with Gasteiger partial charge in [-0.3, -0.25) is 9.36 Å². The van der Waals surface area contributed by atoms with Crippen LogP contribution in [0.25, 0.3) is 0 Å². The molecule has 0 aliphatic carbocycles. The molecular formula is C10H15N5O3. The van der Waals surface area contributed by atoms with E-state index in [0.29, 0.717) is 25.2 Å². The van der Waals surface area contributed by atoms with Crippen LogP contribution >= 0.6 is 0 Å². The average molecular weight is 253 g/mol. The molecule has 1 saturated heterocycles. The zero-order chi connectivity index (χ0) is 13.3. The van der Waals surface area contributed by atoms with Gasteiger partial charge < -0.3 is 20.3 Å². The summed E-state index contributed by atoms with van der Waals surface area (Å²) in [6.45, 7) is 0.543. The molecule has 0 aromatic carbocycles. The number of likely N-dealkylation sites (tertiary alicyclic amines) is 1. The molecular weight excluding hydrogens is 238 g/mol. The third-order valence-electron chi connectivity index (χ3n) is 3.06. The number of hydrogen-bond acceptors (Lipinski definition) is 5. The SMILES string of the molecule is CN1CC(Nc2c([N+](=O)[O-])ncn2C)CCC1=O. The monoisotopic (exact) mass is 253 g/mol. The molecule has 18 heavy (non-hydrogen) atoms. The van der Waals surface area contributed by atoms with Crippen molar-refractivity contribution in [2.24, 2.45) is 7.05 Å². The van der Waals surface area contributed by atoms with Gasteiger partial charge in [0, 0.05) is 33.1 Å². The van der Waals surface area contributed by atoms with E-state index in [1.807, 2.05) is 0 Å². The Bertz CT molecular complexity index is 484. The lowest BCUT2D eigenvalue weighted by Gasteiger charge is -2.30. The van der Waals surface area contributed by atoms with Crippen molar-refractivity contribution in [1.82, 2.24) is 14.5 Å². The number of carbonyl (C=O) groups excluding carboxylic acids is 1. The van der Waals surface area contributed by atoms with Crippen molar-refractivity contribution >= 4 is 17.5 Å². The molecule has 1 amide bonds. The first-order valence-corrected chi connectivity index (χ1v) is 5.65. The molecule has 1 fully saturated rings. The van der Waals surface area contributed by atoms with Gasteiger partial charge in [0.25, 0.3) is 0 Å².